The van der Waals surface area contributed by atoms with E-state index in [1.54, 1.807) is 33.9 Å². The van der Waals surface area contributed by atoms with Crippen LogP contribution in [0.25, 0.3) is 0 Å². The molecule has 3 N–H and O–H groups in total. The fraction of sp³-hybridized carbons (Fsp3) is 0.579. The number of hydrogen-bond donors (Lipinski definition) is 2. The highest BCUT2D eigenvalue weighted by Gasteiger charge is 2.53. The van der Waals surface area contributed by atoms with Crippen molar-refractivity contribution in [1.82, 2.24) is 4.90 Å². The second-order valence-corrected chi connectivity index (χ2v) is 9.04. The SMILES string of the molecule is CO[C@H]1COC[C@]2(c3cc(N)ccc3F)N=C(N(C(=O)O)C(C)(C)C)SC[C@H]12. The number of nitrogens with two attached hydrogens (primary N) is 1. The molecule has 0 aromatic heterocycles. The van der Waals surface area contributed by atoms with Crippen LogP contribution in [0.5, 0.6) is 0 Å². The van der Waals surface area contributed by atoms with Crippen LogP contribution in [0.4, 0.5) is 14.9 Å². The lowest BCUT2D eigenvalue weighted by molar-refractivity contribution is -0.102. The first-order valence-electron chi connectivity index (χ1n) is 9.02. The topological polar surface area (TPSA) is 97.4 Å². The Kier molecular flexibility index (Phi) is 5.62. The van der Waals surface area contributed by atoms with Crippen molar-refractivity contribution in [3.8, 4) is 0 Å². The summed E-state index contributed by atoms with van der Waals surface area (Å²) in [6, 6.07) is 4.36. The van der Waals surface area contributed by atoms with Gasteiger partial charge in [-0.05, 0) is 39.0 Å². The number of halogens is 1. The van der Waals surface area contributed by atoms with Gasteiger partial charge in [0, 0.05) is 35.6 Å². The molecule has 9 heteroatoms. The van der Waals surface area contributed by atoms with Gasteiger partial charge in [-0.2, -0.15) is 0 Å². The first-order valence-corrected chi connectivity index (χ1v) is 10.0. The van der Waals surface area contributed by atoms with E-state index in [1.807, 2.05) is 0 Å². The Bertz CT molecular complexity index is 798. The summed E-state index contributed by atoms with van der Waals surface area (Å²) in [6.07, 6.45) is -1.40. The van der Waals surface area contributed by atoms with Crippen molar-refractivity contribution in [2.24, 2.45) is 10.9 Å². The number of ether oxygens (including phenoxy) is 2. The number of methoxy groups -OCH3 is 1. The van der Waals surface area contributed by atoms with E-state index in [0.717, 1.165) is 0 Å². The van der Waals surface area contributed by atoms with Crippen molar-refractivity contribution in [3.05, 3.63) is 29.6 Å². The minimum atomic E-state index is -1.11. The third kappa shape index (κ3) is 3.58. The number of amides is 1. The Labute approximate surface area is 168 Å². The molecule has 0 unspecified atom stereocenters. The maximum absolute atomic E-state index is 14.9. The number of rotatable bonds is 2. The zero-order valence-electron chi connectivity index (χ0n) is 16.4. The van der Waals surface area contributed by atoms with Gasteiger partial charge in [0.25, 0.3) is 0 Å². The lowest BCUT2D eigenvalue weighted by atomic mass is 9.75. The highest BCUT2D eigenvalue weighted by molar-refractivity contribution is 8.13. The van der Waals surface area contributed by atoms with Gasteiger partial charge in [0.05, 0.1) is 19.3 Å². The van der Waals surface area contributed by atoms with E-state index in [1.165, 1.54) is 28.8 Å². The average Bonchev–Trinajstić information content (AvgIpc) is 2.61. The Morgan fingerprint density at radius 2 is 2.21 bits per heavy atom. The van der Waals surface area contributed by atoms with Crippen LogP contribution in [-0.2, 0) is 15.0 Å². The minimum Gasteiger partial charge on any atom is -0.465 e. The van der Waals surface area contributed by atoms with Crippen LogP contribution in [0.15, 0.2) is 23.2 Å². The minimum absolute atomic E-state index is 0.125. The Hall–Kier alpha value is -1.84. The highest BCUT2D eigenvalue weighted by Crippen LogP contribution is 2.47. The summed E-state index contributed by atoms with van der Waals surface area (Å²) in [5.74, 6) is -0.117. The average molecular weight is 411 g/mol. The van der Waals surface area contributed by atoms with Crippen molar-refractivity contribution in [1.29, 1.82) is 0 Å². The molecule has 7 nitrogen and oxygen atoms in total. The van der Waals surface area contributed by atoms with Gasteiger partial charge >= 0.3 is 6.09 Å². The summed E-state index contributed by atoms with van der Waals surface area (Å²) >= 11 is 1.34. The van der Waals surface area contributed by atoms with Crippen molar-refractivity contribution in [2.45, 2.75) is 38.0 Å². The molecule has 2 aliphatic heterocycles. The fourth-order valence-corrected chi connectivity index (χ4v) is 5.33. The summed E-state index contributed by atoms with van der Waals surface area (Å²) in [5.41, 5.74) is 4.82. The number of anilines is 1. The smallest absolute Gasteiger partial charge is 0.413 e. The lowest BCUT2D eigenvalue weighted by Gasteiger charge is -2.49. The monoisotopic (exact) mass is 411 g/mol. The number of thioether (sulfide) groups is 1. The third-order valence-corrected chi connectivity index (χ3v) is 6.22. The summed E-state index contributed by atoms with van der Waals surface area (Å²) in [5, 5.41) is 10.1. The zero-order chi connectivity index (χ0) is 20.7. The maximum atomic E-state index is 14.9. The second-order valence-electron chi connectivity index (χ2n) is 8.05. The number of hydrogen-bond acceptors (Lipinski definition) is 6. The first-order chi connectivity index (χ1) is 13.1. The van der Waals surface area contributed by atoms with Gasteiger partial charge in [0.1, 0.15) is 11.4 Å². The van der Waals surface area contributed by atoms with Crippen molar-refractivity contribution >= 4 is 28.7 Å². The van der Waals surface area contributed by atoms with Crippen molar-refractivity contribution in [2.75, 3.05) is 31.8 Å². The predicted molar refractivity (Wildman–Crippen MR) is 107 cm³/mol. The Balaban J connectivity index is 2.21. The summed E-state index contributed by atoms with van der Waals surface area (Å²) in [7, 11) is 1.59. The van der Waals surface area contributed by atoms with E-state index in [4.69, 9.17) is 20.2 Å². The molecule has 0 spiro atoms. The largest absolute Gasteiger partial charge is 0.465 e. The van der Waals surface area contributed by atoms with Crippen LogP contribution in [0.3, 0.4) is 0 Å². The third-order valence-electron chi connectivity index (χ3n) is 5.17. The molecule has 28 heavy (non-hydrogen) atoms. The number of benzene rings is 1. The number of nitrogen functional groups attached to an aromatic ring is 1. The quantitative estimate of drug-likeness (QED) is 0.726. The number of nitrogens with zero attached hydrogens (tertiary/aromatic N) is 2. The molecule has 0 aliphatic carbocycles. The molecule has 2 heterocycles. The first kappa shape index (κ1) is 20.9. The van der Waals surface area contributed by atoms with E-state index in [-0.39, 0.29) is 18.6 Å². The van der Waals surface area contributed by atoms with Gasteiger partial charge < -0.3 is 20.3 Å². The summed E-state index contributed by atoms with van der Waals surface area (Å²) < 4.78 is 26.3. The van der Waals surface area contributed by atoms with Gasteiger partial charge in [0.2, 0.25) is 0 Å². The maximum Gasteiger partial charge on any atom is 0.413 e. The molecule has 1 saturated heterocycles. The fourth-order valence-electron chi connectivity index (χ4n) is 3.80. The summed E-state index contributed by atoms with van der Waals surface area (Å²) in [4.78, 5) is 18.0. The van der Waals surface area contributed by atoms with Gasteiger partial charge in [0.15, 0.2) is 5.17 Å². The molecule has 0 saturated carbocycles. The van der Waals surface area contributed by atoms with E-state index >= 15 is 0 Å². The van der Waals surface area contributed by atoms with Gasteiger partial charge in [-0.3, -0.25) is 4.90 Å². The van der Waals surface area contributed by atoms with E-state index in [0.29, 0.717) is 28.8 Å². The molecule has 3 atom stereocenters. The Morgan fingerprint density at radius 1 is 1.50 bits per heavy atom. The number of carboxylic acid groups (broad SMARTS) is 1. The molecule has 154 valence electrons. The Morgan fingerprint density at radius 3 is 2.82 bits per heavy atom. The van der Waals surface area contributed by atoms with E-state index in [9.17, 15) is 14.3 Å². The highest BCUT2D eigenvalue weighted by atomic mass is 32.2. The number of fused-ring (bicyclic) bond motifs is 1. The normalized spacial score (nSPS) is 27.7. The van der Waals surface area contributed by atoms with E-state index < -0.39 is 23.0 Å². The standard InChI is InChI=1S/C19H26FN3O4S/c1-18(2,3)23(17(24)25)16-22-19(12-7-11(21)5-6-14(12)20)10-27-8-15(26-4)13(19)9-28-16/h5-7,13,15H,8-10,21H2,1-4H3,(H,24,25)/t13-,15+,19-/m1/s1. The van der Waals surface area contributed by atoms with Crippen molar-refractivity contribution < 1.29 is 23.8 Å². The molecule has 1 fully saturated rings. The lowest BCUT2D eigenvalue weighted by Crippen LogP contribution is -2.57. The van der Waals surface area contributed by atoms with Crippen LogP contribution in [0, 0.1) is 11.7 Å². The van der Waals surface area contributed by atoms with Gasteiger partial charge in [-0.1, -0.05) is 11.8 Å². The van der Waals surface area contributed by atoms with Gasteiger partial charge in [-0.25, -0.2) is 14.2 Å². The molecule has 0 bridgehead atoms. The van der Waals surface area contributed by atoms with E-state index in [2.05, 4.69) is 0 Å². The van der Waals surface area contributed by atoms with Crippen LogP contribution in [0.2, 0.25) is 0 Å². The molecule has 1 aromatic carbocycles. The second kappa shape index (κ2) is 7.53. The van der Waals surface area contributed by atoms with Crippen molar-refractivity contribution in [3.63, 3.8) is 0 Å². The molecular formula is C19H26FN3O4S. The number of aliphatic imine (C=N–C) groups is 1. The number of amidine groups is 1. The van der Waals surface area contributed by atoms with Crippen LogP contribution < -0.4 is 5.73 Å². The molecule has 2 aliphatic rings. The van der Waals surface area contributed by atoms with Gasteiger partial charge in [-0.15, -0.1) is 0 Å². The molecule has 1 aromatic rings. The van der Waals surface area contributed by atoms with Crippen LogP contribution in [-0.4, -0.2) is 59.0 Å². The summed E-state index contributed by atoms with van der Waals surface area (Å²) in [6.45, 7) is 5.87. The number of carbonyl (C=O) groups is 1. The van der Waals surface area contributed by atoms with Crippen LogP contribution in [0.1, 0.15) is 26.3 Å². The predicted octanol–water partition coefficient (Wildman–Crippen LogP) is 3.15. The molecule has 3 rings (SSSR count). The molecule has 1 amide bonds. The zero-order valence-corrected chi connectivity index (χ0v) is 17.3. The molecular weight excluding hydrogens is 385 g/mol. The molecule has 0 radical (unpaired) electrons. The van der Waals surface area contributed by atoms with Crippen LogP contribution >= 0.6 is 11.8 Å².